The number of anilines is 1. The predicted octanol–water partition coefficient (Wildman–Crippen LogP) is 4.36. The van der Waals surface area contributed by atoms with Crippen molar-refractivity contribution in [1.29, 1.82) is 0 Å². The van der Waals surface area contributed by atoms with Crippen LogP contribution in [-0.4, -0.2) is 54.5 Å². The molecule has 0 spiro atoms. The maximum absolute atomic E-state index is 12.7. The molecular weight excluding hydrogens is 552 g/mol. The zero-order chi connectivity index (χ0) is 30.8. The van der Waals surface area contributed by atoms with Crippen LogP contribution in [0.2, 0.25) is 0 Å². The number of aromatic hydroxyl groups is 5. The molecule has 3 aromatic carbocycles. The van der Waals surface area contributed by atoms with E-state index in [0.29, 0.717) is 12.2 Å². The van der Waals surface area contributed by atoms with E-state index in [0.717, 1.165) is 23.6 Å². The number of carbonyl (C=O) groups excluding carboxylic acids is 2. The molecule has 1 unspecified atom stereocenters. The third-order valence-electron chi connectivity index (χ3n) is 6.30. The first kappa shape index (κ1) is 29.6. The predicted molar refractivity (Wildman–Crippen MR) is 147 cm³/mol. The van der Waals surface area contributed by atoms with Gasteiger partial charge in [-0.25, -0.2) is 4.79 Å². The van der Waals surface area contributed by atoms with Crippen LogP contribution in [-0.2, 0) is 26.5 Å². The summed E-state index contributed by atoms with van der Waals surface area (Å²) in [7, 11) is 0. The lowest BCUT2D eigenvalue weighted by Crippen LogP contribution is -2.31. The fourth-order valence-corrected chi connectivity index (χ4v) is 4.21. The van der Waals surface area contributed by atoms with Crippen LogP contribution in [0.4, 0.5) is 10.5 Å². The third-order valence-corrected chi connectivity index (χ3v) is 6.30. The van der Waals surface area contributed by atoms with E-state index in [1.165, 1.54) is 0 Å². The van der Waals surface area contributed by atoms with Gasteiger partial charge in [0.05, 0.1) is 13.0 Å². The van der Waals surface area contributed by atoms with Crippen LogP contribution in [0.3, 0.4) is 0 Å². The molecule has 1 atom stereocenters. The maximum Gasteiger partial charge on any atom is 0.414 e. The number of nitrogens with one attached hydrogen (secondary N) is 1. The summed E-state index contributed by atoms with van der Waals surface area (Å²) in [4.78, 5) is 24.4. The Bertz CT molecular complexity index is 1600. The maximum atomic E-state index is 12.7. The number of amides is 1. The SMILES string of the molecule is CCOC(=O)Cc1ccc(-c2ccc(-c3onc(C)c3NC(=O)OC(C)(O)c3c(O)c(O)c(O)c(O)c3O)cc2)cc1. The summed E-state index contributed by atoms with van der Waals surface area (Å²) in [5.41, 5.74) is 2.48. The average Bonchev–Trinajstić information content (AvgIpc) is 3.30. The quantitative estimate of drug-likeness (QED) is 0.0670. The molecule has 220 valence electrons. The molecule has 1 aromatic heterocycles. The molecule has 4 rings (SSSR count). The number of phenols is 5. The Morgan fingerprint density at radius 1 is 0.857 bits per heavy atom. The van der Waals surface area contributed by atoms with Crippen molar-refractivity contribution < 1.29 is 54.2 Å². The molecule has 4 aromatic rings. The molecule has 0 aliphatic carbocycles. The summed E-state index contributed by atoms with van der Waals surface area (Å²) in [6.07, 6.45) is -1.11. The average molecular weight is 581 g/mol. The topological polar surface area (TPSA) is 212 Å². The number of hydrogen-bond donors (Lipinski definition) is 7. The third kappa shape index (κ3) is 5.86. The van der Waals surface area contributed by atoms with Gasteiger partial charge in [0, 0.05) is 12.5 Å². The Morgan fingerprint density at radius 2 is 1.36 bits per heavy atom. The lowest BCUT2D eigenvalue weighted by atomic mass is 10.0. The summed E-state index contributed by atoms with van der Waals surface area (Å²) >= 11 is 0. The van der Waals surface area contributed by atoms with Crippen molar-refractivity contribution in [3.8, 4) is 51.2 Å². The zero-order valence-corrected chi connectivity index (χ0v) is 22.7. The number of aromatic nitrogens is 1. The fourth-order valence-electron chi connectivity index (χ4n) is 4.21. The minimum atomic E-state index is -2.79. The summed E-state index contributed by atoms with van der Waals surface area (Å²) < 4.78 is 15.3. The van der Waals surface area contributed by atoms with Crippen molar-refractivity contribution in [3.63, 3.8) is 0 Å². The van der Waals surface area contributed by atoms with Gasteiger partial charge >= 0.3 is 12.1 Å². The fraction of sp³-hybridized carbons (Fsp3) is 0.207. The van der Waals surface area contributed by atoms with Gasteiger partial charge in [-0.3, -0.25) is 10.1 Å². The molecule has 7 N–H and O–H groups in total. The Labute approximate surface area is 238 Å². The first-order chi connectivity index (χ1) is 19.8. The molecular formula is C29H28N2O11. The van der Waals surface area contributed by atoms with E-state index >= 15 is 0 Å². The number of phenolic OH excluding ortho intramolecular Hbond substituents is 5. The van der Waals surface area contributed by atoms with Crippen LogP contribution in [0.25, 0.3) is 22.5 Å². The van der Waals surface area contributed by atoms with Crippen LogP contribution in [0.15, 0.2) is 53.1 Å². The van der Waals surface area contributed by atoms with Gasteiger partial charge in [-0.15, -0.1) is 0 Å². The van der Waals surface area contributed by atoms with Gasteiger partial charge in [0.1, 0.15) is 16.9 Å². The van der Waals surface area contributed by atoms with E-state index in [-0.39, 0.29) is 29.5 Å². The van der Waals surface area contributed by atoms with Gasteiger partial charge in [0.25, 0.3) is 0 Å². The van der Waals surface area contributed by atoms with Crippen molar-refractivity contribution >= 4 is 17.7 Å². The molecule has 0 bridgehead atoms. The number of carbonyl (C=O) groups is 2. The van der Waals surface area contributed by atoms with Gasteiger partial charge in [-0.1, -0.05) is 53.7 Å². The smallest absolute Gasteiger partial charge is 0.414 e. The van der Waals surface area contributed by atoms with E-state index in [1.807, 2.05) is 36.4 Å². The largest absolute Gasteiger partial charge is 0.504 e. The van der Waals surface area contributed by atoms with Gasteiger partial charge in [-0.05, 0) is 30.5 Å². The molecule has 0 fully saturated rings. The lowest BCUT2D eigenvalue weighted by molar-refractivity contribution is -0.153. The molecule has 0 aliphatic rings. The highest BCUT2D eigenvalue weighted by Gasteiger charge is 2.39. The molecule has 13 nitrogen and oxygen atoms in total. The van der Waals surface area contributed by atoms with Crippen molar-refractivity contribution in [2.75, 3.05) is 11.9 Å². The Morgan fingerprint density at radius 3 is 1.90 bits per heavy atom. The molecule has 0 saturated carbocycles. The molecule has 42 heavy (non-hydrogen) atoms. The second-order valence-corrected chi connectivity index (χ2v) is 9.34. The Balaban J connectivity index is 1.51. The van der Waals surface area contributed by atoms with Gasteiger partial charge in [0.15, 0.2) is 17.3 Å². The van der Waals surface area contributed by atoms with Crippen molar-refractivity contribution in [2.45, 2.75) is 33.0 Å². The number of hydrogen-bond acceptors (Lipinski definition) is 12. The molecule has 1 amide bonds. The highest BCUT2D eigenvalue weighted by atomic mass is 16.7. The van der Waals surface area contributed by atoms with Crippen LogP contribution in [0.5, 0.6) is 28.7 Å². The monoisotopic (exact) mass is 580 g/mol. The highest BCUT2D eigenvalue weighted by molar-refractivity contribution is 5.91. The first-order valence-electron chi connectivity index (χ1n) is 12.6. The minimum Gasteiger partial charge on any atom is -0.504 e. The first-order valence-corrected chi connectivity index (χ1v) is 12.6. The summed E-state index contributed by atoms with van der Waals surface area (Å²) in [5, 5.41) is 66.3. The number of benzene rings is 3. The van der Waals surface area contributed by atoms with E-state index in [9.17, 15) is 40.2 Å². The molecule has 0 saturated heterocycles. The standard InChI is InChI=1S/C29H28N2O11/c1-4-40-19(32)13-15-5-7-16(8-6-15)17-9-11-18(12-10-17)27-21(14(2)31-42-27)30-28(38)41-29(3,39)20-22(33)24(35)26(37)25(36)23(20)34/h5-12,33-37,39H,4,13H2,1-3H3,(H,30,38). The number of rotatable bonds is 8. The van der Waals surface area contributed by atoms with Gasteiger partial charge < -0.3 is 44.6 Å². The Hall–Kier alpha value is -5.43. The molecule has 1 heterocycles. The van der Waals surface area contributed by atoms with Crippen molar-refractivity contribution in [2.24, 2.45) is 0 Å². The number of nitrogens with zero attached hydrogens (tertiary/aromatic N) is 1. The lowest BCUT2D eigenvalue weighted by Gasteiger charge is -2.26. The van der Waals surface area contributed by atoms with Crippen LogP contribution in [0, 0.1) is 6.92 Å². The molecule has 0 aliphatic heterocycles. The van der Waals surface area contributed by atoms with E-state index in [2.05, 4.69) is 10.5 Å². The summed E-state index contributed by atoms with van der Waals surface area (Å²) in [6.45, 7) is 4.46. The normalized spacial score (nSPS) is 12.4. The van der Waals surface area contributed by atoms with E-state index in [4.69, 9.17) is 14.0 Å². The van der Waals surface area contributed by atoms with Crippen molar-refractivity contribution in [1.82, 2.24) is 5.16 Å². The Kier molecular flexibility index (Phi) is 8.15. The van der Waals surface area contributed by atoms with Gasteiger partial charge in [-0.2, -0.15) is 0 Å². The minimum absolute atomic E-state index is 0.0942. The van der Waals surface area contributed by atoms with Gasteiger partial charge in [0.2, 0.25) is 23.0 Å². The number of aliphatic hydroxyl groups is 1. The number of esters is 1. The summed E-state index contributed by atoms with van der Waals surface area (Å²) in [5.74, 6) is -9.13. The number of ether oxygens (including phenoxy) is 2. The second-order valence-electron chi connectivity index (χ2n) is 9.34. The highest BCUT2D eigenvalue weighted by Crippen LogP contribution is 2.54. The zero-order valence-electron chi connectivity index (χ0n) is 22.7. The second kappa shape index (κ2) is 11.6. The van der Waals surface area contributed by atoms with Crippen LogP contribution in [0.1, 0.15) is 30.7 Å². The van der Waals surface area contributed by atoms with E-state index in [1.54, 1.807) is 26.0 Å². The summed E-state index contributed by atoms with van der Waals surface area (Å²) in [6, 6.07) is 14.5. The van der Waals surface area contributed by atoms with Crippen molar-refractivity contribution in [3.05, 3.63) is 65.4 Å². The number of aryl methyl sites for hydroxylation is 1. The van der Waals surface area contributed by atoms with Crippen LogP contribution < -0.4 is 5.32 Å². The molecule has 0 radical (unpaired) electrons. The molecule has 13 heteroatoms. The van der Waals surface area contributed by atoms with Crippen LogP contribution >= 0.6 is 0 Å². The van der Waals surface area contributed by atoms with E-state index < -0.39 is 46.2 Å².